The van der Waals surface area contributed by atoms with E-state index in [4.69, 9.17) is 9.47 Å². The summed E-state index contributed by atoms with van der Waals surface area (Å²) in [6.45, 7) is 5.90. The zero-order chi connectivity index (χ0) is 19.9. The smallest absolute Gasteiger partial charge is 0.280 e. The number of nitrogens with zero attached hydrogens (tertiary/aromatic N) is 2. The van der Waals surface area contributed by atoms with Crippen molar-refractivity contribution >= 4 is 39.2 Å². The first-order valence-corrected chi connectivity index (χ1v) is 11.0. The highest BCUT2D eigenvalue weighted by Gasteiger charge is 2.13. The molecule has 2 aromatic carbocycles. The highest BCUT2D eigenvalue weighted by Crippen LogP contribution is 2.25. The highest BCUT2D eigenvalue weighted by atomic mass is 32.2. The zero-order valence-corrected chi connectivity index (χ0v) is 17.9. The van der Waals surface area contributed by atoms with Crippen molar-refractivity contribution in [2.24, 2.45) is 4.99 Å². The molecule has 5 nitrogen and oxygen atoms in total. The number of ether oxygens (including phenoxy) is 2. The van der Waals surface area contributed by atoms with Crippen LogP contribution >= 0.6 is 23.1 Å². The van der Waals surface area contributed by atoms with Gasteiger partial charge in [-0.05, 0) is 43.0 Å². The van der Waals surface area contributed by atoms with E-state index in [1.807, 2.05) is 54.0 Å². The third-order valence-corrected chi connectivity index (χ3v) is 6.16. The largest absolute Gasteiger partial charge is 0.497 e. The van der Waals surface area contributed by atoms with Gasteiger partial charge in [0.25, 0.3) is 5.91 Å². The summed E-state index contributed by atoms with van der Waals surface area (Å²) in [5, 5.41) is 0. The van der Waals surface area contributed by atoms with Crippen LogP contribution in [0.15, 0.2) is 52.4 Å². The van der Waals surface area contributed by atoms with E-state index in [1.165, 1.54) is 11.3 Å². The van der Waals surface area contributed by atoms with E-state index in [1.54, 1.807) is 18.9 Å². The Morgan fingerprint density at radius 2 is 2.04 bits per heavy atom. The third-order valence-electron chi connectivity index (χ3n) is 4.17. The van der Waals surface area contributed by atoms with Crippen LogP contribution in [0.25, 0.3) is 10.2 Å². The maximum atomic E-state index is 12.9. The average molecular weight is 417 g/mol. The van der Waals surface area contributed by atoms with Crippen molar-refractivity contribution in [3.63, 3.8) is 0 Å². The molecule has 3 rings (SSSR count). The van der Waals surface area contributed by atoms with E-state index < -0.39 is 0 Å². The minimum Gasteiger partial charge on any atom is -0.497 e. The molecule has 0 radical (unpaired) electrons. The van der Waals surface area contributed by atoms with Gasteiger partial charge in [-0.15, -0.1) is 11.8 Å². The molecule has 7 heteroatoms. The molecule has 0 spiro atoms. The fraction of sp³-hybridized carbons (Fsp3) is 0.333. The lowest BCUT2D eigenvalue weighted by Crippen LogP contribution is -2.20. The fourth-order valence-electron chi connectivity index (χ4n) is 2.85. The van der Waals surface area contributed by atoms with Gasteiger partial charge < -0.3 is 14.0 Å². The van der Waals surface area contributed by atoms with Crippen LogP contribution < -0.4 is 9.54 Å². The number of hydrogen-bond donors (Lipinski definition) is 0. The minimum atomic E-state index is -0.222. The molecule has 1 aromatic heterocycles. The highest BCUT2D eigenvalue weighted by molar-refractivity contribution is 7.99. The summed E-state index contributed by atoms with van der Waals surface area (Å²) in [5.41, 5.74) is 1.66. The Bertz CT molecular complexity index is 1020. The minimum absolute atomic E-state index is 0.222. The van der Waals surface area contributed by atoms with E-state index in [9.17, 15) is 4.79 Å². The summed E-state index contributed by atoms with van der Waals surface area (Å²) in [5.74, 6) is 1.47. The third kappa shape index (κ3) is 4.66. The summed E-state index contributed by atoms with van der Waals surface area (Å²) in [7, 11) is 1.65. The van der Waals surface area contributed by atoms with Gasteiger partial charge >= 0.3 is 0 Å². The van der Waals surface area contributed by atoms with Gasteiger partial charge in [-0.25, -0.2) is 0 Å². The predicted octanol–water partition coefficient (Wildman–Crippen LogP) is 4.60. The van der Waals surface area contributed by atoms with Gasteiger partial charge in [0, 0.05) is 18.0 Å². The van der Waals surface area contributed by atoms with Gasteiger partial charge in [-0.1, -0.05) is 30.4 Å². The molecule has 0 aliphatic carbocycles. The number of hydrogen-bond acceptors (Lipinski definition) is 5. The number of carbonyl (C=O) groups excluding carboxylic acids is 1. The Kier molecular flexibility index (Phi) is 7.30. The van der Waals surface area contributed by atoms with Crippen molar-refractivity contribution in [1.29, 1.82) is 0 Å². The van der Waals surface area contributed by atoms with Crippen LogP contribution in [0.2, 0.25) is 0 Å². The first kappa shape index (κ1) is 20.6. The van der Waals surface area contributed by atoms with Crippen molar-refractivity contribution < 1.29 is 14.3 Å². The quantitative estimate of drug-likeness (QED) is 0.398. The predicted molar refractivity (Wildman–Crippen MR) is 116 cm³/mol. The van der Waals surface area contributed by atoms with Crippen molar-refractivity contribution in [2.75, 3.05) is 26.1 Å². The summed E-state index contributed by atoms with van der Waals surface area (Å²) < 4.78 is 13.9. The fourth-order valence-corrected chi connectivity index (χ4v) is 4.73. The molecule has 0 fully saturated rings. The molecule has 0 bridgehead atoms. The molecule has 148 valence electrons. The van der Waals surface area contributed by atoms with Gasteiger partial charge in [0.2, 0.25) is 0 Å². The Morgan fingerprint density at radius 1 is 1.21 bits per heavy atom. The van der Waals surface area contributed by atoms with Gasteiger partial charge in [-0.2, -0.15) is 4.99 Å². The average Bonchev–Trinajstić information content (AvgIpc) is 3.05. The topological polar surface area (TPSA) is 52.8 Å². The van der Waals surface area contributed by atoms with Crippen LogP contribution in [-0.2, 0) is 11.3 Å². The second kappa shape index (κ2) is 9.91. The van der Waals surface area contributed by atoms with Crippen LogP contribution in [0.4, 0.5) is 0 Å². The van der Waals surface area contributed by atoms with Crippen LogP contribution in [0.1, 0.15) is 24.2 Å². The molecular weight excluding hydrogens is 392 g/mol. The lowest BCUT2D eigenvalue weighted by atomic mass is 10.2. The van der Waals surface area contributed by atoms with E-state index in [2.05, 4.69) is 11.9 Å². The lowest BCUT2D eigenvalue weighted by molar-refractivity contribution is 0.0994. The maximum Gasteiger partial charge on any atom is 0.280 e. The van der Waals surface area contributed by atoms with E-state index in [0.29, 0.717) is 30.1 Å². The van der Waals surface area contributed by atoms with E-state index >= 15 is 0 Å². The first-order valence-electron chi connectivity index (χ1n) is 9.24. The van der Waals surface area contributed by atoms with Gasteiger partial charge in [-0.3, -0.25) is 4.79 Å². The molecule has 0 aliphatic rings. The van der Waals surface area contributed by atoms with Crippen molar-refractivity contribution in [3.05, 3.63) is 52.8 Å². The summed E-state index contributed by atoms with van der Waals surface area (Å²) in [6, 6.07) is 13.5. The molecule has 0 saturated carbocycles. The standard InChI is InChI=1S/C21H24N2O3S2/c1-4-26-13-12-23-17-11-10-15(25-3)14-19(17)28-21(23)22-20(24)16-8-6-7-9-18(16)27-5-2/h6-11,14H,4-5,12-13H2,1-3H3. The van der Waals surface area contributed by atoms with Crippen LogP contribution in [0.5, 0.6) is 5.75 Å². The Hall–Kier alpha value is -2.09. The lowest BCUT2D eigenvalue weighted by Gasteiger charge is -2.07. The molecule has 0 aliphatic heterocycles. The van der Waals surface area contributed by atoms with Crippen molar-refractivity contribution in [3.8, 4) is 5.75 Å². The molecule has 1 heterocycles. The molecule has 1 amide bonds. The summed E-state index contributed by atoms with van der Waals surface area (Å²) in [4.78, 5) is 19.1. The molecule has 3 aromatic rings. The Balaban J connectivity index is 2.07. The maximum absolute atomic E-state index is 12.9. The van der Waals surface area contributed by atoms with Gasteiger partial charge in [0.15, 0.2) is 4.80 Å². The van der Waals surface area contributed by atoms with Gasteiger partial charge in [0.1, 0.15) is 5.75 Å². The molecule has 28 heavy (non-hydrogen) atoms. The Morgan fingerprint density at radius 3 is 2.79 bits per heavy atom. The van der Waals surface area contributed by atoms with Crippen LogP contribution in [0, 0.1) is 0 Å². The van der Waals surface area contributed by atoms with E-state index in [-0.39, 0.29) is 5.91 Å². The number of thiazole rings is 1. The molecular formula is C21H24N2O3S2. The summed E-state index contributed by atoms with van der Waals surface area (Å²) in [6.07, 6.45) is 0. The van der Waals surface area contributed by atoms with Crippen molar-refractivity contribution in [1.82, 2.24) is 4.57 Å². The SMILES string of the molecule is CCOCCn1c(=NC(=O)c2ccccc2SCC)sc2cc(OC)ccc21. The number of rotatable bonds is 8. The van der Waals surface area contributed by atoms with Crippen LogP contribution in [0.3, 0.4) is 0 Å². The first-order chi connectivity index (χ1) is 13.7. The Labute approximate surface area is 173 Å². The van der Waals surface area contributed by atoms with Gasteiger partial charge in [0.05, 0.1) is 29.5 Å². The number of thioether (sulfide) groups is 1. The van der Waals surface area contributed by atoms with Crippen LogP contribution in [-0.4, -0.2) is 36.6 Å². The number of methoxy groups -OCH3 is 1. The van der Waals surface area contributed by atoms with Crippen molar-refractivity contribution in [2.45, 2.75) is 25.3 Å². The molecule has 0 atom stereocenters. The number of benzene rings is 2. The summed E-state index contributed by atoms with van der Waals surface area (Å²) >= 11 is 3.14. The van der Waals surface area contributed by atoms with E-state index in [0.717, 1.165) is 26.6 Å². The number of fused-ring (bicyclic) bond motifs is 1. The molecule has 0 saturated heterocycles. The number of carbonyl (C=O) groups is 1. The second-order valence-corrected chi connectivity index (χ2v) is 8.23. The number of amides is 1. The monoisotopic (exact) mass is 416 g/mol. The normalized spacial score (nSPS) is 11.9. The zero-order valence-electron chi connectivity index (χ0n) is 16.3. The number of aromatic nitrogens is 1. The molecule has 0 unspecified atom stereocenters. The molecule has 0 N–H and O–H groups in total. The second-order valence-electron chi connectivity index (χ2n) is 5.91.